The first-order valence-electron chi connectivity index (χ1n) is 12.5. The molecule has 1 amide bonds. The van der Waals surface area contributed by atoms with Crippen molar-refractivity contribution in [2.45, 2.75) is 26.1 Å². The molecule has 0 spiro atoms. The standard InChI is InChI=1S/C27H30IN7O4/c1-18-15-32(27(36)37)12-13-34(18)25-30-24-23(28)14-29-35(24)26(31-25)33(16-19-4-8-21(38-2)9-5-19)17-20-6-10-22(39-3)11-7-20/h4-11,14,18H,12-13,15-17H2,1-3H3,(H,36,37)/t18-/m0/s1. The van der Waals surface area contributed by atoms with Gasteiger partial charge < -0.3 is 29.3 Å². The number of rotatable bonds is 8. The lowest BCUT2D eigenvalue weighted by atomic mass is 10.1. The third-order valence-corrected chi connectivity index (χ3v) is 7.56. The second-order valence-corrected chi connectivity index (χ2v) is 10.5. The molecule has 1 fully saturated rings. The summed E-state index contributed by atoms with van der Waals surface area (Å²) in [4.78, 5) is 27.1. The number of fused-ring (bicyclic) bond motifs is 1. The molecule has 11 nitrogen and oxygen atoms in total. The van der Waals surface area contributed by atoms with Crippen LogP contribution < -0.4 is 19.3 Å². The minimum Gasteiger partial charge on any atom is -0.497 e. The van der Waals surface area contributed by atoms with Gasteiger partial charge in [-0.2, -0.15) is 19.6 Å². The van der Waals surface area contributed by atoms with Crippen LogP contribution in [0, 0.1) is 3.57 Å². The lowest BCUT2D eigenvalue weighted by Crippen LogP contribution is -2.54. The highest BCUT2D eigenvalue weighted by molar-refractivity contribution is 14.1. The van der Waals surface area contributed by atoms with E-state index in [4.69, 9.17) is 19.4 Å². The van der Waals surface area contributed by atoms with E-state index in [0.29, 0.717) is 50.3 Å². The van der Waals surface area contributed by atoms with E-state index in [0.717, 1.165) is 26.2 Å². The van der Waals surface area contributed by atoms with Crippen LogP contribution in [0.5, 0.6) is 11.5 Å². The summed E-state index contributed by atoms with van der Waals surface area (Å²) in [6.45, 7) is 4.42. The second kappa shape index (κ2) is 11.5. The smallest absolute Gasteiger partial charge is 0.407 e. The van der Waals surface area contributed by atoms with Crippen LogP contribution in [0.2, 0.25) is 0 Å². The van der Waals surface area contributed by atoms with Crippen LogP contribution in [0.3, 0.4) is 0 Å². The molecule has 3 heterocycles. The zero-order chi connectivity index (χ0) is 27.5. The van der Waals surface area contributed by atoms with Crippen molar-refractivity contribution in [2.75, 3.05) is 43.7 Å². The lowest BCUT2D eigenvalue weighted by Gasteiger charge is -2.38. The number of hydrogen-bond donors (Lipinski definition) is 1. The van der Waals surface area contributed by atoms with Gasteiger partial charge in [-0.1, -0.05) is 24.3 Å². The quantitative estimate of drug-likeness (QED) is 0.284. The van der Waals surface area contributed by atoms with Crippen molar-refractivity contribution in [3.63, 3.8) is 0 Å². The zero-order valence-electron chi connectivity index (χ0n) is 22.0. The number of hydrogen-bond acceptors (Lipinski definition) is 8. The number of nitrogens with zero attached hydrogens (tertiary/aromatic N) is 7. The Balaban J connectivity index is 1.56. The lowest BCUT2D eigenvalue weighted by molar-refractivity contribution is 0.136. The van der Waals surface area contributed by atoms with Gasteiger partial charge in [0.25, 0.3) is 0 Å². The number of halogens is 1. The Kier molecular flexibility index (Phi) is 7.91. The summed E-state index contributed by atoms with van der Waals surface area (Å²) in [5.74, 6) is 2.80. The number of piperazine rings is 1. The Hall–Kier alpha value is -3.81. The van der Waals surface area contributed by atoms with Crippen molar-refractivity contribution in [3.05, 3.63) is 69.4 Å². The molecule has 39 heavy (non-hydrogen) atoms. The number of carbonyl (C=O) groups is 1. The molecule has 1 aliphatic heterocycles. The molecule has 5 rings (SSSR count). The molecule has 0 saturated carbocycles. The van der Waals surface area contributed by atoms with E-state index in [1.54, 1.807) is 24.9 Å². The van der Waals surface area contributed by atoms with Gasteiger partial charge in [-0.05, 0) is 64.9 Å². The molecule has 2 aromatic heterocycles. The molecular formula is C27H30IN7O4. The van der Waals surface area contributed by atoms with E-state index in [-0.39, 0.29) is 6.04 Å². The molecule has 0 aliphatic carbocycles. The number of benzene rings is 2. The highest BCUT2D eigenvalue weighted by Crippen LogP contribution is 2.27. The van der Waals surface area contributed by atoms with Gasteiger partial charge in [0, 0.05) is 38.8 Å². The number of ether oxygens (including phenoxy) is 2. The van der Waals surface area contributed by atoms with Crippen molar-refractivity contribution in [1.82, 2.24) is 24.5 Å². The maximum absolute atomic E-state index is 11.5. The van der Waals surface area contributed by atoms with Crippen LogP contribution >= 0.6 is 22.6 Å². The van der Waals surface area contributed by atoms with Crippen molar-refractivity contribution in [3.8, 4) is 11.5 Å². The molecule has 4 aromatic rings. The van der Waals surface area contributed by atoms with E-state index < -0.39 is 6.09 Å². The summed E-state index contributed by atoms with van der Waals surface area (Å²) in [5.41, 5.74) is 2.88. The van der Waals surface area contributed by atoms with Crippen LogP contribution in [-0.4, -0.2) is 75.6 Å². The van der Waals surface area contributed by atoms with Gasteiger partial charge in [0.15, 0.2) is 5.65 Å². The second-order valence-electron chi connectivity index (χ2n) is 9.37. The summed E-state index contributed by atoms with van der Waals surface area (Å²) in [5, 5.41) is 14.1. The first kappa shape index (κ1) is 26.8. The molecule has 1 N–H and O–H groups in total. The number of amides is 1. The fraction of sp³-hybridized carbons (Fsp3) is 0.333. The average molecular weight is 643 g/mol. The third-order valence-electron chi connectivity index (χ3n) is 6.80. The molecule has 12 heteroatoms. The van der Waals surface area contributed by atoms with Gasteiger partial charge in [0.2, 0.25) is 11.9 Å². The maximum Gasteiger partial charge on any atom is 0.407 e. The summed E-state index contributed by atoms with van der Waals surface area (Å²) >= 11 is 2.24. The maximum atomic E-state index is 11.5. The van der Waals surface area contributed by atoms with Gasteiger partial charge in [0.05, 0.1) is 24.0 Å². The van der Waals surface area contributed by atoms with Crippen molar-refractivity contribution in [1.29, 1.82) is 0 Å². The predicted molar refractivity (Wildman–Crippen MR) is 156 cm³/mol. The topological polar surface area (TPSA) is 109 Å². The summed E-state index contributed by atoms with van der Waals surface area (Å²) < 4.78 is 13.4. The van der Waals surface area contributed by atoms with Gasteiger partial charge in [-0.3, -0.25) is 0 Å². The van der Waals surface area contributed by atoms with Crippen molar-refractivity contribution < 1.29 is 19.4 Å². The summed E-state index contributed by atoms with van der Waals surface area (Å²) in [6, 6.07) is 15.9. The molecule has 0 bridgehead atoms. The monoisotopic (exact) mass is 643 g/mol. The molecule has 0 radical (unpaired) electrons. The molecule has 204 valence electrons. The predicted octanol–water partition coefficient (Wildman–Crippen LogP) is 4.14. The molecule has 1 atom stereocenters. The van der Waals surface area contributed by atoms with Crippen LogP contribution in [0.1, 0.15) is 18.1 Å². The zero-order valence-corrected chi connectivity index (χ0v) is 24.1. The van der Waals surface area contributed by atoms with Crippen LogP contribution in [0.15, 0.2) is 54.7 Å². The first-order valence-corrected chi connectivity index (χ1v) is 13.6. The van der Waals surface area contributed by atoms with E-state index in [1.807, 2.05) is 55.5 Å². The number of aromatic nitrogens is 4. The molecule has 1 aliphatic rings. The van der Waals surface area contributed by atoms with Gasteiger partial charge in [-0.25, -0.2) is 4.79 Å². The van der Waals surface area contributed by atoms with Gasteiger partial charge in [-0.15, -0.1) is 0 Å². The number of anilines is 2. The fourth-order valence-electron chi connectivity index (χ4n) is 4.69. The minimum absolute atomic E-state index is 0.0811. The number of carboxylic acid groups (broad SMARTS) is 1. The van der Waals surface area contributed by atoms with Crippen LogP contribution in [0.4, 0.5) is 16.7 Å². The van der Waals surface area contributed by atoms with E-state index in [2.05, 4.69) is 37.5 Å². The largest absolute Gasteiger partial charge is 0.497 e. The summed E-state index contributed by atoms with van der Waals surface area (Å²) in [6.07, 6.45) is 0.872. The molecule has 2 aromatic carbocycles. The summed E-state index contributed by atoms with van der Waals surface area (Å²) in [7, 11) is 3.31. The Morgan fingerprint density at radius 1 is 1.00 bits per heavy atom. The highest BCUT2D eigenvalue weighted by atomic mass is 127. The van der Waals surface area contributed by atoms with Crippen molar-refractivity contribution >= 4 is 46.2 Å². The Labute approximate surface area is 240 Å². The molecule has 1 saturated heterocycles. The normalized spacial score (nSPS) is 15.4. The van der Waals surface area contributed by atoms with E-state index in [1.165, 1.54) is 4.90 Å². The van der Waals surface area contributed by atoms with E-state index in [9.17, 15) is 9.90 Å². The number of methoxy groups -OCH3 is 2. The average Bonchev–Trinajstić information content (AvgIpc) is 3.33. The Morgan fingerprint density at radius 3 is 2.10 bits per heavy atom. The Bertz CT molecular complexity index is 1400. The van der Waals surface area contributed by atoms with E-state index >= 15 is 0 Å². The van der Waals surface area contributed by atoms with Crippen molar-refractivity contribution in [2.24, 2.45) is 0 Å². The SMILES string of the molecule is COc1ccc(CN(Cc2ccc(OC)cc2)c2nc(N3CCN(C(=O)O)C[C@@H]3C)nc3c(I)cnn23)cc1. The van der Waals surface area contributed by atoms with Crippen LogP contribution in [0.25, 0.3) is 5.65 Å². The first-order chi connectivity index (χ1) is 18.9. The van der Waals surface area contributed by atoms with Gasteiger partial charge in [0.1, 0.15) is 11.5 Å². The highest BCUT2D eigenvalue weighted by Gasteiger charge is 2.30. The minimum atomic E-state index is -0.908. The Morgan fingerprint density at radius 2 is 1.59 bits per heavy atom. The van der Waals surface area contributed by atoms with Gasteiger partial charge >= 0.3 is 6.09 Å². The fourth-order valence-corrected chi connectivity index (χ4v) is 5.16. The third kappa shape index (κ3) is 5.79. The molecule has 0 unspecified atom stereocenters. The van der Waals surface area contributed by atoms with Crippen LogP contribution in [-0.2, 0) is 13.1 Å². The molecular weight excluding hydrogens is 613 g/mol.